The monoisotopic (exact) mass is 378 g/mol. The number of hydrogen-bond donors (Lipinski definition) is 2. The number of benzene rings is 1. The van der Waals surface area contributed by atoms with Gasteiger partial charge in [0.15, 0.2) is 0 Å². The zero-order valence-corrected chi connectivity index (χ0v) is 16.9. The van der Waals surface area contributed by atoms with E-state index in [1.165, 1.54) is 50.5 Å². The number of unbranched alkanes of at least 4 members (excludes halogenated alkanes) is 5. The summed E-state index contributed by atoms with van der Waals surface area (Å²) in [5.74, 6) is 0. The molecule has 0 bridgehead atoms. The van der Waals surface area contributed by atoms with Crippen LogP contribution in [0.4, 0.5) is 0 Å². The average Bonchev–Trinajstić information content (AvgIpc) is 2.50. The van der Waals surface area contributed by atoms with E-state index in [0.717, 1.165) is 5.56 Å². The predicted molar refractivity (Wildman–Crippen MR) is 90.9 cm³/mol. The van der Waals surface area contributed by atoms with E-state index in [2.05, 4.69) is 38.1 Å². The van der Waals surface area contributed by atoms with Crippen LogP contribution in [0.25, 0.3) is 0 Å². The van der Waals surface area contributed by atoms with Crippen LogP contribution in [-0.4, -0.2) is 17.3 Å². The van der Waals surface area contributed by atoms with Crippen molar-refractivity contribution in [2.24, 2.45) is 5.73 Å². The van der Waals surface area contributed by atoms with Gasteiger partial charge in [-0.1, -0.05) is 56.6 Å². The largest absolute Gasteiger partial charge is 0.397 e. The minimum absolute atomic E-state index is 0. The molecule has 1 aromatic carbocycles. The van der Waals surface area contributed by atoms with Crippen LogP contribution in [0.2, 0.25) is 0 Å². The predicted octanol–water partition coefficient (Wildman–Crippen LogP) is 4.05. The van der Waals surface area contributed by atoms with Gasteiger partial charge in [0.25, 0.3) is 0 Å². The van der Waals surface area contributed by atoms with Crippen molar-refractivity contribution in [3.05, 3.63) is 48.7 Å². The fraction of sp³-hybridized carbons (Fsp3) is 0.579. The van der Waals surface area contributed by atoms with Gasteiger partial charge in [-0.25, -0.2) is 0 Å². The molecule has 123 valence electrons. The van der Waals surface area contributed by atoms with Crippen LogP contribution in [0.15, 0.2) is 24.3 Å². The molecule has 0 aliphatic carbocycles. The summed E-state index contributed by atoms with van der Waals surface area (Å²) in [6.07, 6.45) is 11.8. The van der Waals surface area contributed by atoms with Crippen molar-refractivity contribution in [1.82, 2.24) is 0 Å². The molecular weight excluding hydrogens is 347 g/mol. The van der Waals surface area contributed by atoms with E-state index in [1.807, 2.05) is 6.42 Å². The Hall–Kier alpha value is 0.114. The number of nitrogens with two attached hydrogens (primary N) is 1. The zero-order chi connectivity index (χ0) is 15.6. The molecule has 2 nitrogen and oxygen atoms in total. The third-order valence-corrected chi connectivity index (χ3v) is 3.86. The Morgan fingerprint density at radius 3 is 2.27 bits per heavy atom. The van der Waals surface area contributed by atoms with Crippen LogP contribution < -0.4 is 5.73 Å². The Labute approximate surface area is 162 Å². The molecular formula is C19H31NOY-2. The molecule has 1 radical (unpaired) electrons. The second-order valence-electron chi connectivity index (χ2n) is 6.19. The molecule has 1 unspecified atom stereocenters. The number of aliphatic hydroxyl groups is 1. The SMILES string of the molecule is [CH2-]C(N)(CO)C[CH-]c1ccc(CCCCCCCC)cc1.[Y]. The topological polar surface area (TPSA) is 46.2 Å². The summed E-state index contributed by atoms with van der Waals surface area (Å²) < 4.78 is 0. The van der Waals surface area contributed by atoms with E-state index in [-0.39, 0.29) is 39.3 Å². The van der Waals surface area contributed by atoms with Crippen LogP contribution >= 0.6 is 0 Å². The van der Waals surface area contributed by atoms with Crippen molar-refractivity contribution in [3.63, 3.8) is 0 Å². The second-order valence-corrected chi connectivity index (χ2v) is 6.19. The van der Waals surface area contributed by atoms with E-state index < -0.39 is 5.54 Å². The van der Waals surface area contributed by atoms with Crippen molar-refractivity contribution in [3.8, 4) is 0 Å². The fourth-order valence-corrected chi connectivity index (χ4v) is 2.32. The third-order valence-electron chi connectivity index (χ3n) is 3.86. The quantitative estimate of drug-likeness (QED) is 0.451. The van der Waals surface area contributed by atoms with Gasteiger partial charge in [0.2, 0.25) is 0 Å². The Bertz CT molecular complexity index is 376. The average molecular weight is 378 g/mol. The van der Waals surface area contributed by atoms with Crippen molar-refractivity contribution in [2.45, 2.75) is 63.8 Å². The first-order valence-corrected chi connectivity index (χ1v) is 8.24. The maximum atomic E-state index is 9.08. The minimum Gasteiger partial charge on any atom is -0.397 e. The molecule has 22 heavy (non-hydrogen) atoms. The number of hydrogen-bond acceptors (Lipinski definition) is 2. The maximum absolute atomic E-state index is 9.08. The molecule has 1 rings (SSSR count). The van der Waals surface area contributed by atoms with Crippen molar-refractivity contribution in [1.29, 1.82) is 0 Å². The molecule has 1 atom stereocenters. The van der Waals surface area contributed by atoms with E-state index in [9.17, 15) is 0 Å². The van der Waals surface area contributed by atoms with E-state index >= 15 is 0 Å². The van der Waals surface area contributed by atoms with Crippen LogP contribution in [0.1, 0.15) is 63.0 Å². The Balaban J connectivity index is 0.00000441. The Morgan fingerprint density at radius 1 is 1.09 bits per heavy atom. The molecule has 0 amide bonds. The molecule has 0 heterocycles. The number of aliphatic hydroxyl groups excluding tert-OH is 1. The molecule has 0 aromatic heterocycles. The molecule has 0 saturated heterocycles. The molecule has 0 saturated carbocycles. The van der Waals surface area contributed by atoms with Crippen LogP contribution in [-0.2, 0) is 39.1 Å². The summed E-state index contributed by atoms with van der Waals surface area (Å²) in [6.45, 7) is 5.94. The summed E-state index contributed by atoms with van der Waals surface area (Å²) in [6, 6.07) is 8.63. The fourth-order valence-electron chi connectivity index (χ4n) is 2.32. The second kappa shape index (κ2) is 12.5. The molecule has 0 spiro atoms. The molecule has 1 aromatic rings. The van der Waals surface area contributed by atoms with Gasteiger partial charge in [-0.05, 0) is 12.8 Å². The van der Waals surface area contributed by atoms with Crippen molar-refractivity contribution in [2.75, 3.05) is 6.61 Å². The zero-order valence-electron chi connectivity index (χ0n) is 14.1. The first kappa shape index (κ1) is 22.1. The number of aryl methyl sites for hydroxylation is 1. The molecule has 3 heteroatoms. The number of rotatable bonds is 11. The Kier molecular flexibility index (Phi) is 12.6. The van der Waals surface area contributed by atoms with Gasteiger partial charge in [0.05, 0.1) is 0 Å². The van der Waals surface area contributed by atoms with Gasteiger partial charge in [0.1, 0.15) is 0 Å². The van der Waals surface area contributed by atoms with Gasteiger partial charge in [-0.2, -0.15) is 24.1 Å². The summed E-state index contributed by atoms with van der Waals surface area (Å²) >= 11 is 0. The maximum Gasteiger partial charge on any atom is 0.0324 e. The first-order chi connectivity index (χ1) is 10.1. The minimum atomic E-state index is -0.767. The van der Waals surface area contributed by atoms with Gasteiger partial charge < -0.3 is 17.8 Å². The van der Waals surface area contributed by atoms with Crippen molar-refractivity contribution < 1.29 is 37.8 Å². The van der Waals surface area contributed by atoms with Gasteiger partial charge in [-0.15, -0.1) is 12.1 Å². The van der Waals surface area contributed by atoms with E-state index in [0.29, 0.717) is 6.42 Å². The van der Waals surface area contributed by atoms with Gasteiger partial charge in [-0.3, -0.25) is 0 Å². The summed E-state index contributed by atoms with van der Waals surface area (Å²) in [5, 5.41) is 9.08. The molecule has 0 aliphatic heterocycles. The molecule has 0 fully saturated rings. The van der Waals surface area contributed by atoms with Gasteiger partial charge >= 0.3 is 0 Å². The van der Waals surface area contributed by atoms with Gasteiger partial charge in [0, 0.05) is 39.3 Å². The first-order valence-electron chi connectivity index (χ1n) is 8.24. The summed E-state index contributed by atoms with van der Waals surface area (Å²) in [5.41, 5.74) is 7.60. The van der Waals surface area contributed by atoms with Crippen LogP contribution in [0, 0.1) is 13.3 Å². The van der Waals surface area contributed by atoms with E-state index in [4.69, 9.17) is 10.8 Å². The van der Waals surface area contributed by atoms with Crippen LogP contribution in [0.3, 0.4) is 0 Å². The Morgan fingerprint density at radius 2 is 1.68 bits per heavy atom. The summed E-state index contributed by atoms with van der Waals surface area (Å²) in [7, 11) is 0. The standard InChI is InChI=1S/C19H31NO.Y/c1-3-4-5-6-7-8-9-17-10-12-18(13-11-17)14-15-19(2,20)16-21;/h10-14,21H,2-9,15-16,20H2,1H3;/q-2;. The molecule has 0 aliphatic rings. The smallest absolute Gasteiger partial charge is 0.0324 e. The van der Waals surface area contributed by atoms with Crippen LogP contribution in [0.5, 0.6) is 0 Å². The van der Waals surface area contributed by atoms with Crippen molar-refractivity contribution >= 4 is 0 Å². The normalized spacial score (nSPS) is 13.3. The molecule has 3 N–H and O–H groups in total. The van der Waals surface area contributed by atoms with E-state index in [1.54, 1.807) is 0 Å². The third kappa shape index (κ3) is 10.00. The summed E-state index contributed by atoms with van der Waals surface area (Å²) in [4.78, 5) is 0.